The van der Waals surface area contributed by atoms with Crippen molar-refractivity contribution in [3.05, 3.63) is 51.8 Å². The van der Waals surface area contributed by atoms with Gasteiger partial charge in [0.05, 0.1) is 11.7 Å². The van der Waals surface area contributed by atoms with Crippen molar-refractivity contribution in [1.82, 2.24) is 9.78 Å². The average Bonchev–Trinajstić information content (AvgIpc) is 2.57. The van der Waals surface area contributed by atoms with Crippen LogP contribution in [0.1, 0.15) is 35.5 Å². The monoisotopic (exact) mass is 277 g/mol. The molecule has 0 aliphatic carbocycles. The van der Waals surface area contributed by atoms with Crippen molar-refractivity contribution in [2.24, 2.45) is 5.73 Å². The number of rotatable bonds is 3. The quantitative estimate of drug-likeness (QED) is 0.934. The SMILES string of the molecule is Cc1nn(C(c2cccc(Cl)c2)C(C)N)c(C)c1C. The minimum absolute atomic E-state index is 0.00565. The molecule has 0 aliphatic rings. The minimum Gasteiger partial charge on any atom is -0.326 e. The van der Waals surface area contributed by atoms with Gasteiger partial charge in [0.15, 0.2) is 0 Å². The first kappa shape index (κ1) is 14.1. The van der Waals surface area contributed by atoms with Gasteiger partial charge < -0.3 is 5.73 Å². The summed E-state index contributed by atoms with van der Waals surface area (Å²) in [5.74, 6) is 0. The zero-order valence-corrected chi connectivity index (χ0v) is 12.6. The van der Waals surface area contributed by atoms with Crippen molar-refractivity contribution < 1.29 is 0 Å². The Hall–Kier alpha value is -1.32. The summed E-state index contributed by atoms with van der Waals surface area (Å²) in [6.07, 6.45) is 0. The molecule has 3 nitrogen and oxygen atoms in total. The first-order valence-corrected chi connectivity index (χ1v) is 6.83. The maximum absolute atomic E-state index is 6.18. The molecule has 1 heterocycles. The van der Waals surface area contributed by atoms with Crippen molar-refractivity contribution in [2.75, 3.05) is 0 Å². The zero-order chi connectivity index (χ0) is 14.2. The maximum Gasteiger partial charge on any atom is 0.0920 e. The second kappa shape index (κ2) is 5.35. The lowest BCUT2D eigenvalue weighted by molar-refractivity contribution is 0.443. The first-order valence-electron chi connectivity index (χ1n) is 6.45. The van der Waals surface area contributed by atoms with Crippen LogP contribution in [0.4, 0.5) is 0 Å². The summed E-state index contributed by atoms with van der Waals surface area (Å²) >= 11 is 6.09. The van der Waals surface area contributed by atoms with E-state index in [1.54, 1.807) is 0 Å². The highest BCUT2D eigenvalue weighted by atomic mass is 35.5. The van der Waals surface area contributed by atoms with Crippen LogP contribution in [0.3, 0.4) is 0 Å². The predicted octanol–water partition coefficient (Wildman–Crippen LogP) is 3.40. The predicted molar refractivity (Wildman–Crippen MR) is 79.7 cm³/mol. The summed E-state index contributed by atoms with van der Waals surface area (Å²) in [7, 11) is 0. The maximum atomic E-state index is 6.18. The molecule has 0 fully saturated rings. The Bertz CT molecular complexity index is 587. The number of aromatic nitrogens is 2. The van der Waals surface area contributed by atoms with E-state index in [1.807, 2.05) is 42.8 Å². The van der Waals surface area contributed by atoms with Crippen LogP contribution in [0.2, 0.25) is 5.02 Å². The second-order valence-corrected chi connectivity index (χ2v) is 5.54. The highest BCUT2D eigenvalue weighted by Gasteiger charge is 2.22. The molecule has 0 saturated heterocycles. The molecule has 19 heavy (non-hydrogen) atoms. The van der Waals surface area contributed by atoms with Gasteiger partial charge in [0.25, 0.3) is 0 Å². The van der Waals surface area contributed by atoms with Crippen molar-refractivity contribution in [3.63, 3.8) is 0 Å². The van der Waals surface area contributed by atoms with E-state index < -0.39 is 0 Å². The lowest BCUT2D eigenvalue weighted by Gasteiger charge is -2.23. The van der Waals surface area contributed by atoms with Crippen LogP contribution in [0, 0.1) is 20.8 Å². The van der Waals surface area contributed by atoms with Crippen LogP contribution in [0.5, 0.6) is 0 Å². The molecular formula is C15H20ClN3. The second-order valence-electron chi connectivity index (χ2n) is 5.10. The van der Waals surface area contributed by atoms with Crippen LogP contribution >= 0.6 is 11.6 Å². The number of aryl methyl sites for hydroxylation is 1. The van der Waals surface area contributed by atoms with E-state index in [0.29, 0.717) is 0 Å². The van der Waals surface area contributed by atoms with Crippen molar-refractivity contribution >= 4 is 11.6 Å². The van der Waals surface area contributed by atoms with Crippen molar-refractivity contribution in [1.29, 1.82) is 0 Å². The van der Waals surface area contributed by atoms with Gasteiger partial charge in [-0.2, -0.15) is 5.10 Å². The lowest BCUT2D eigenvalue weighted by atomic mass is 10.0. The summed E-state index contributed by atoms with van der Waals surface area (Å²) in [6.45, 7) is 8.19. The molecule has 1 aromatic heterocycles. The highest BCUT2D eigenvalue weighted by Crippen LogP contribution is 2.26. The minimum atomic E-state index is -0.0455. The van der Waals surface area contributed by atoms with Crippen molar-refractivity contribution in [2.45, 2.75) is 39.8 Å². The van der Waals surface area contributed by atoms with Gasteiger partial charge in [-0.25, -0.2) is 0 Å². The molecule has 0 saturated carbocycles. The third kappa shape index (κ3) is 2.67. The van der Waals surface area contributed by atoms with Crippen LogP contribution in [-0.2, 0) is 0 Å². The molecule has 0 aliphatic heterocycles. The molecule has 2 atom stereocenters. The first-order chi connectivity index (χ1) is 8.91. The standard InChI is InChI=1S/C15H20ClN3/c1-9-11(3)18-19(12(9)4)15(10(2)17)13-6-5-7-14(16)8-13/h5-8,10,15H,17H2,1-4H3. The summed E-state index contributed by atoms with van der Waals surface area (Å²) < 4.78 is 2.01. The molecule has 2 unspecified atom stereocenters. The number of benzene rings is 1. The number of hydrogen-bond donors (Lipinski definition) is 1. The molecule has 2 aromatic rings. The van der Waals surface area contributed by atoms with E-state index in [4.69, 9.17) is 17.3 Å². The normalized spacial score (nSPS) is 14.4. The van der Waals surface area contributed by atoms with Gasteiger partial charge in [-0.05, 0) is 51.0 Å². The Kier molecular flexibility index (Phi) is 3.97. The van der Waals surface area contributed by atoms with Crippen LogP contribution in [0.25, 0.3) is 0 Å². The van der Waals surface area contributed by atoms with Gasteiger partial charge in [0.1, 0.15) is 0 Å². The van der Waals surface area contributed by atoms with E-state index in [2.05, 4.69) is 18.9 Å². The van der Waals surface area contributed by atoms with Gasteiger partial charge in [-0.15, -0.1) is 0 Å². The summed E-state index contributed by atoms with van der Waals surface area (Å²) in [4.78, 5) is 0. The molecule has 102 valence electrons. The Labute approximate surface area is 119 Å². The van der Waals surface area contributed by atoms with Crippen LogP contribution in [-0.4, -0.2) is 15.8 Å². The lowest BCUT2D eigenvalue weighted by Crippen LogP contribution is -2.31. The number of nitrogens with two attached hydrogens (primary N) is 1. The molecule has 2 N–H and O–H groups in total. The van der Waals surface area contributed by atoms with Crippen LogP contribution in [0.15, 0.2) is 24.3 Å². The third-order valence-corrected chi connectivity index (χ3v) is 3.87. The molecular weight excluding hydrogens is 258 g/mol. The van der Waals surface area contributed by atoms with Gasteiger partial charge in [0, 0.05) is 16.8 Å². The molecule has 2 rings (SSSR count). The van der Waals surface area contributed by atoms with E-state index in [1.165, 1.54) is 5.56 Å². The molecule has 0 radical (unpaired) electrons. The molecule has 0 amide bonds. The van der Waals surface area contributed by atoms with E-state index in [9.17, 15) is 0 Å². The average molecular weight is 278 g/mol. The fourth-order valence-corrected chi connectivity index (χ4v) is 2.57. The number of hydrogen-bond acceptors (Lipinski definition) is 2. The van der Waals surface area contributed by atoms with E-state index in [-0.39, 0.29) is 12.1 Å². The topological polar surface area (TPSA) is 43.8 Å². The van der Waals surface area contributed by atoms with Crippen LogP contribution < -0.4 is 5.73 Å². The van der Waals surface area contributed by atoms with Crippen molar-refractivity contribution in [3.8, 4) is 0 Å². The summed E-state index contributed by atoms with van der Waals surface area (Å²) in [5, 5.41) is 5.35. The largest absolute Gasteiger partial charge is 0.326 e. The van der Waals surface area contributed by atoms with Gasteiger partial charge in [-0.1, -0.05) is 23.7 Å². The summed E-state index contributed by atoms with van der Waals surface area (Å²) in [5.41, 5.74) is 10.7. The third-order valence-electron chi connectivity index (χ3n) is 3.64. The fraction of sp³-hybridized carbons (Fsp3) is 0.400. The molecule has 1 aromatic carbocycles. The van der Waals surface area contributed by atoms with Gasteiger partial charge in [-0.3, -0.25) is 4.68 Å². The highest BCUT2D eigenvalue weighted by molar-refractivity contribution is 6.30. The van der Waals surface area contributed by atoms with Gasteiger partial charge in [0.2, 0.25) is 0 Å². The van der Waals surface area contributed by atoms with Gasteiger partial charge >= 0.3 is 0 Å². The fourth-order valence-electron chi connectivity index (χ4n) is 2.37. The smallest absolute Gasteiger partial charge is 0.0920 e. The number of halogens is 1. The Balaban J connectivity index is 2.55. The zero-order valence-electron chi connectivity index (χ0n) is 11.8. The van der Waals surface area contributed by atoms with E-state index >= 15 is 0 Å². The Morgan fingerprint density at radius 3 is 2.42 bits per heavy atom. The van der Waals surface area contributed by atoms with E-state index in [0.717, 1.165) is 22.0 Å². The molecule has 0 bridgehead atoms. The summed E-state index contributed by atoms with van der Waals surface area (Å²) in [6, 6.07) is 7.79. The number of nitrogens with zero attached hydrogens (tertiary/aromatic N) is 2. The molecule has 4 heteroatoms. The Morgan fingerprint density at radius 2 is 1.95 bits per heavy atom. The Morgan fingerprint density at radius 1 is 1.26 bits per heavy atom. The molecule has 0 spiro atoms.